The summed E-state index contributed by atoms with van der Waals surface area (Å²) in [6, 6.07) is 23.9. The summed E-state index contributed by atoms with van der Waals surface area (Å²) in [6.07, 6.45) is 0. The van der Waals surface area contributed by atoms with Crippen LogP contribution in [0, 0.1) is 0 Å². The molecular formula is C22H20N2O3. The highest BCUT2D eigenvalue weighted by molar-refractivity contribution is 5.95. The lowest BCUT2D eigenvalue weighted by Crippen LogP contribution is -2.22. The lowest BCUT2D eigenvalue weighted by molar-refractivity contribution is -0.114. The standard InChI is InChI=1S/C22H20N2O3/c1-16(25)24-19-12-10-18(11-13-19)22(26)23-15-17-6-5-9-21(14-17)27-20-7-3-2-4-8-20/h2-14H,15H2,1H3,(H,23,26)(H,24,25). The minimum Gasteiger partial charge on any atom is -0.457 e. The highest BCUT2D eigenvalue weighted by atomic mass is 16.5. The Bertz CT molecular complexity index is 922. The molecule has 0 bridgehead atoms. The van der Waals surface area contributed by atoms with Crippen LogP contribution in [0.4, 0.5) is 5.69 Å². The average molecular weight is 360 g/mol. The van der Waals surface area contributed by atoms with E-state index in [1.165, 1.54) is 6.92 Å². The molecule has 0 fully saturated rings. The van der Waals surface area contributed by atoms with E-state index in [1.807, 2.05) is 54.6 Å². The first-order valence-corrected chi connectivity index (χ1v) is 8.58. The van der Waals surface area contributed by atoms with Gasteiger partial charge in [-0.15, -0.1) is 0 Å². The summed E-state index contributed by atoms with van der Waals surface area (Å²) in [5.74, 6) is 1.15. The molecule has 0 spiro atoms. The molecule has 0 radical (unpaired) electrons. The second kappa shape index (κ2) is 8.67. The third-order valence-electron chi connectivity index (χ3n) is 3.80. The average Bonchev–Trinajstić information content (AvgIpc) is 2.67. The monoisotopic (exact) mass is 360 g/mol. The van der Waals surface area contributed by atoms with Gasteiger partial charge in [0.25, 0.3) is 5.91 Å². The summed E-state index contributed by atoms with van der Waals surface area (Å²) in [5.41, 5.74) is 2.12. The van der Waals surface area contributed by atoms with Crippen molar-refractivity contribution in [1.82, 2.24) is 5.32 Å². The van der Waals surface area contributed by atoms with Gasteiger partial charge in [0.2, 0.25) is 5.91 Å². The molecule has 0 aliphatic rings. The van der Waals surface area contributed by atoms with E-state index in [-0.39, 0.29) is 11.8 Å². The van der Waals surface area contributed by atoms with E-state index in [9.17, 15) is 9.59 Å². The van der Waals surface area contributed by atoms with Crippen molar-refractivity contribution in [1.29, 1.82) is 0 Å². The molecule has 0 aromatic heterocycles. The van der Waals surface area contributed by atoms with Gasteiger partial charge in [0.15, 0.2) is 0 Å². The molecule has 3 aromatic carbocycles. The fraction of sp³-hybridized carbons (Fsp3) is 0.0909. The van der Waals surface area contributed by atoms with Crippen LogP contribution in [0.2, 0.25) is 0 Å². The summed E-state index contributed by atoms with van der Waals surface area (Å²) in [4.78, 5) is 23.3. The molecule has 5 nitrogen and oxygen atoms in total. The largest absolute Gasteiger partial charge is 0.457 e. The van der Waals surface area contributed by atoms with E-state index >= 15 is 0 Å². The Morgan fingerprint density at radius 1 is 0.852 bits per heavy atom. The molecule has 3 rings (SSSR count). The third-order valence-corrected chi connectivity index (χ3v) is 3.80. The SMILES string of the molecule is CC(=O)Nc1ccc(C(=O)NCc2cccc(Oc3ccccc3)c2)cc1. The van der Waals surface area contributed by atoms with Crippen LogP contribution in [0.3, 0.4) is 0 Å². The number of benzene rings is 3. The number of carbonyl (C=O) groups excluding carboxylic acids is 2. The topological polar surface area (TPSA) is 67.4 Å². The molecule has 0 aliphatic heterocycles. The zero-order chi connectivity index (χ0) is 19.1. The van der Waals surface area contributed by atoms with Crippen molar-refractivity contribution in [3.8, 4) is 11.5 Å². The number of nitrogens with one attached hydrogen (secondary N) is 2. The van der Waals surface area contributed by atoms with E-state index in [0.29, 0.717) is 23.5 Å². The molecule has 2 amide bonds. The molecule has 0 atom stereocenters. The number of para-hydroxylation sites is 1. The first-order valence-electron chi connectivity index (χ1n) is 8.58. The first-order chi connectivity index (χ1) is 13.1. The molecule has 5 heteroatoms. The number of amides is 2. The lowest BCUT2D eigenvalue weighted by atomic mass is 10.1. The van der Waals surface area contributed by atoms with Crippen LogP contribution >= 0.6 is 0 Å². The molecule has 0 unspecified atom stereocenters. The first kappa shape index (κ1) is 18.2. The summed E-state index contributed by atoms with van der Waals surface area (Å²) in [6.45, 7) is 1.83. The zero-order valence-electron chi connectivity index (χ0n) is 14.9. The van der Waals surface area contributed by atoms with Gasteiger partial charge in [0.1, 0.15) is 11.5 Å². The van der Waals surface area contributed by atoms with Gasteiger partial charge >= 0.3 is 0 Å². The van der Waals surface area contributed by atoms with Crippen LogP contribution in [0.1, 0.15) is 22.8 Å². The normalized spacial score (nSPS) is 10.1. The van der Waals surface area contributed by atoms with E-state index in [2.05, 4.69) is 10.6 Å². The minimum absolute atomic E-state index is 0.148. The molecular weight excluding hydrogens is 340 g/mol. The summed E-state index contributed by atoms with van der Waals surface area (Å²) >= 11 is 0. The Balaban J connectivity index is 1.58. The van der Waals surface area contributed by atoms with Gasteiger partial charge in [0, 0.05) is 24.7 Å². The van der Waals surface area contributed by atoms with Crippen molar-refractivity contribution in [2.45, 2.75) is 13.5 Å². The maximum atomic E-state index is 12.3. The molecule has 0 saturated heterocycles. The van der Waals surface area contributed by atoms with Crippen LogP contribution in [0.15, 0.2) is 78.9 Å². The van der Waals surface area contributed by atoms with E-state index in [0.717, 1.165) is 11.3 Å². The Kier molecular flexibility index (Phi) is 5.84. The van der Waals surface area contributed by atoms with Crippen molar-refractivity contribution >= 4 is 17.5 Å². The summed E-state index contributed by atoms with van der Waals surface area (Å²) < 4.78 is 5.81. The Labute approximate surface area is 158 Å². The minimum atomic E-state index is -0.182. The summed E-state index contributed by atoms with van der Waals surface area (Å²) in [7, 11) is 0. The molecule has 3 aromatic rings. The predicted octanol–water partition coefficient (Wildman–Crippen LogP) is 4.37. The number of carbonyl (C=O) groups is 2. The quantitative estimate of drug-likeness (QED) is 0.686. The highest BCUT2D eigenvalue weighted by Crippen LogP contribution is 2.21. The van der Waals surface area contributed by atoms with Crippen molar-refractivity contribution < 1.29 is 14.3 Å². The van der Waals surface area contributed by atoms with E-state index < -0.39 is 0 Å². The van der Waals surface area contributed by atoms with E-state index in [1.54, 1.807) is 24.3 Å². The molecule has 0 saturated carbocycles. The highest BCUT2D eigenvalue weighted by Gasteiger charge is 2.06. The molecule has 27 heavy (non-hydrogen) atoms. The molecule has 136 valence electrons. The zero-order valence-corrected chi connectivity index (χ0v) is 14.9. The van der Waals surface area contributed by atoms with Crippen molar-refractivity contribution in [2.24, 2.45) is 0 Å². The van der Waals surface area contributed by atoms with Gasteiger partial charge in [-0.05, 0) is 54.1 Å². The van der Waals surface area contributed by atoms with Crippen LogP contribution in [-0.2, 0) is 11.3 Å². The van der Waals surface area contributed by atoms with Crippen molar-refractivity contribution in [3.05, 3.63) is 90.0 Å². The molecule has 2 N–H and O–H groups in total. The van der Waals surface area contributed by atoms with Crippen LogP contribution < -0.4 is 15.4 Å². The number of rotatable bonds is 6. The second-order valence-corrected chi connectivity index (χ2v) is 6.00. The predicted molar refractivity (Wildman–Crippen MR) is 105 cm³/mol. The van der Waals surface area contributed by atoms with E-state index in [4.69, 9.17) is 4.74 Å². The third kappa shape index (κ3) is 5.44. The fourth-order valence-electron chi connectivity index (χ4n) is 2.54. The molecule has 0 aliphatic carbocycles. The van der Waals surface area contributed by atoms with Gasteiger partial charge in [-0.25, -0.2) is 0 Å². The fourth-order valence-corrected chi connectivity index (χ4v) is 2.54. The number of hydrogen-bond donors (Lipinski definition) is 2. The number of hydrogen-bond acceptors (Lipinski definition) is 3. The maximum absolute atomic E-state index is 12.3. The van der Waals surface area contributed by atoms with Gasteiger partial charge in [-0.3, -0.25) is 9.59 Å². The summed E-state index contributed by atoms with van der Waals surface area (Å²) in [5, 5.41) is 5.56. The number of anilines is 1. The van der Waals surface area contributed by atoms with Crippen molar-refractivity contribution in [2.75, 3.05) is 5.32 Å². The maximum Gasteiger partial charge on any atom is 0.251 e. The van der Waals surface area contributed by atoms with Crippen LogP contribution in [0.25, 0.3) is 0 Å². The Hall–Kier alpha value is -3.60. The molecule has 0 heterocycles. The number of ether oxygens (including phenoxy) is 1. The van der Waals surface area contributed by atoms with Crippen LogP contribution in [-0.4, -0.2) is 11.8 Å². The van der Waals surface area contributed by atoms with Gasteiger partial charge in [-0.1, -0.05) is 30.3 Å². The second-order valence-electron chi connectivity index (χ2n) is 6.00. The smallest absolute Gasteiger partial charge is 0.251 e. The lowest BCUT2D eigenvalue weighted by Gasteiger charge is -2.09. The Morgan fingerprint density at radius 2 is 1.56 bits per heavy atom. The van der Waals surface area contributed by atoms with Gasteiger partial charge in [0.05, 0.1) is 0 Å². The van der Waals surface area contributed by atoms with Gasteiger partial charge in [-0.2, -0.15) is 0 Å². The van der Waals surface area contributed by atoms with Gasteiger partial charge < -0.3 is 15.4 Å². The van der Waals surface area contributed by atoms with Crippen LogP contribution in [0.5, 0.6) is 11.5 Å². The Morgan fingerprint density at radius 3 is 2.26 bits per heavy atom. The van der Waals surface area contributed by atoms with Crippen molar-refractivity contribution in [3.63, 3.8) is 0 Å².